The van der Waals surface area contributed by atoms with Gasteiger partial charge in [-0.2, -0.15) is 0 Å². The van der Waals surface area contributed by atoms with Crippen LogP contribution in [0.15, 0.2) is 23.0 Å². The van der Waals surface area contributed by atoms with Crippen LogP contribution in [-0.2, 0) is 5.41 Å². The Kier molecular flexibility index (Phi) is 4.07. The molecule has 1 aromatic heterocycles. The number of H-pyrrole nitrogens is 2. The van der Waals surface area contributed by atoms with Crippen LogP contribution < -0.4 is 11.0 Å². The number of aromatic amines is 2. The van der Waals surface area contributed by atoms with E-state index in [0.717, 1.165) is 30.5 Å². The first-order chi connectivity index (χ1) is 9.03. The van der Waals surface area contributed by atoms with Gasteiger partial charge in [-0.25, -0.2) is 4.79 Å². The zero-order chi connectivity index (χ0) is 13.9. The average molecular weight is 263 g/mol. The molecule has 2 rings (SSSR count). The molecule has 0 saturated carbocycles. The Labute approximate surface area is 112 Å². The van der Waals surface area contributed by atoms with Crippen LogP contribution in [0.25, 0.3) is 11.0 Å². The lowest BCUT2D eigenvalue weighted by Gasteiger charge is -2.25. The Hall–Kier alpha value is -1.59. The average Bonchev–Trinajstić information content (AvgIpc) is 2.73. The van der Waals surface area contributed by atoms with E-state index in [4.69, 9.17) is 5.11 Å². The fourth-order valence-electron chi connectivity index (χ4n) is 2.16. The SMILES string of the molecule is CC(C)(CNCCCO)c1ccc2[nH]c(=O)[nH]c2c1. The number of nitrogens with one attached hydrogen (secondary N) is 3. The van der Waals surface area contributed by atoms with Gasteiger partial charge >= 0.3 is 5.69 Å². The molecule has 0 aliphatic carbocycles. The van der Waals surface area contributed by atoms with Crippen molar-refractivity contribution in [3.05, 3.63) is 34.2 Å². The maximum atomic E-state index is 11.2. The number of aliphatic hydroxyl groups is 1. The summed E-state index contributed by atoms with van der Waals surface area (Å²) in [6, 6.07) is 5.98. The van der Waals surface area contributed by atoms with E-state index in [-0.39, 0.29) is 17.7 Å². The van der Waals surface area contributed by atoms with Crippen molar-refractivity contribution in [2.24, 2.45) is 0 Å². The van der Waals surface area contributed by atoms with Crippen molar-refractivity contribution in [3.8, 4) is 0 Å². The third-order valence-electron chi connectivity index (χ3n) is 3.38. The van der Waals surface area contributed by atoms with Crippen molar-refractivity contribution in [1.82, 2.24) is 15.3 Å². The number of hydrogen-bond acceptors (Lipinski definition) is 3. The summed E-state index contributed by atoms with van der Waals surface area (Å²) >= 11 is 0. The van der Waals surface area contributed by atoms with Gasteiger partial charge in [-0.15, -0.1) is 0 Å². The number of aromatic nitrogens is 2. The largest absolute Gasteiger partial charge is 0.396 e. The van der Waals surface area contributed by atoms with Gasteiger partial charge in [0.1, 0.15) is 0 Å². The van der Waals surface area contributed by atoms with Gasteiger partial charge in [0.2, 0.25) is 0 Å². The minimum absolute atomic E-state index is 0.0300. The van der Waals surface area contributed by atoms with Gasteiger partial charge < -0.3 is 20.4 Å². The number of benzene rings is 1. The standard InChI is InChI=1S/C14H21N3O2/c1-14(2,9-15-6-3-7-18)10-4-5-11-12(8-10)17-13(19)16-11/h4-5,8,15,18H,3,6-7,9H2,1-2H3,(H2,16,17,19). The highest BCUT2D eigenvalue weighted by atomic mass is 16.3. The molecule has 5 heteroatoms. The lowest BCUT2D eigenvalue weighted by molar-refractivity contribution is 0.284. The minimum atomic E-state index is -0.175. The summed E-state index contributed by atoms with van der Waals surface area (Å²) in [4.78, 5) is 16.8. The Morgan fingerprint density at radius 1 is 1.26 bits per heavy atom. The maximum absolute atomic E-state index is 11.2. The monoisotopic (exact) mass is 263 g/mol. The molecule has 0 atom stereocenters. The normalized spacial score (nSPS) is 12.2. The lowest BCUT2D eigenvalue weighted by Crippen LogP contribution is -2.33. The molecule has 5 nitrogen and oxygen atoms in total. The minimum Gasteiger partial charge on any atom is -0.396 e. The molecular formula is C14H21N3O2. The van der Waals surface area contributed by atoms with Crippen LogP contribution in [0.1, 0.15) is 25.8 Å². The highest BCUT2D eigenvalue weighted by molar-refractivity contribution is 5.75. The van der Waals surface area contributed by atoms with Crippen molar-refractivity contribution >= 4 is 11.0 Å². The van der Waals surface area contributed by atoms with Crippen LogP contribution in [0, 0.1) is 0 Å². The fourth-order valence-corrected chi connectivity index (χ4v) is 2.16. The molecule has 0 amide bonds. The molecule has 1 aromatic carbocycles. The van der Waals surface area contributed by atoms with E-state index in [2.05, 4.69) is 29.1 Å². The first-order valence-corrected chi connectivity index (χ1v) is 6.57. The van der Waals surface area contributed by atoms with Crippen molar-refractivity contribution in [2.45, 2.75) is 25.7 Å². The molecule has 104 valence electrons. The zero-order valence-corrected chi connectivity index (χ0v) is 11.4. The van der Waals surface area contributed by atoms with Gasteiger partial charge in [-0.3, -0.25) is 0 Å². The van der Waals surface area contributed by atoms with Crippen molar-refractivity contribution in [3.63, 3.8) is 0 Å². The van der Waals surface area contributed by atoms with E-state index >= 15 is 0 Å². The number of fused-ring (bicyclic) bond motifs is 1. The Balaban J connectivity index is 2.14. The molecule has 19 heavy (non-hydrogen) atoms. The van der Waals surface area contributed by atoms with E-state index in [1.165, 1.54) is 5.56 Å². The molecule has 0 aliphatic rings. The predicted octanol–water partition coefficient (Wildman–Crippen LogP) is 1.11. The summed E-state index contributed by atoms with van der Waals surface area (Å²) in [6.07, 6.45) is 0.764. The quantitative estimate of drug-likeness (QED) is 0.589. The van der Waals surface area contributed by atoms with E-state index < -0.39 is 0 Å². The zero-order valence-electron chi connectivity index (χ0n) is 11.4. The van der Waals surface area contributed by atoms with Crippen molar-refractivity contribution < 1.29 is 5.11 Å². The molecule has 0 aliphatic heterocycles. The van der Waals surface area contributed by atoms with Crippen LogP contribution in [0.5, 0.6) is 0 Å². The van der Waals surface area contributed by atoms with Gasteiger partial charge in [0.05, 0.1) is 11.0 Å². The molecule has 0 saturated heterocycles. The Morgan fingerprint density at radius 2 is 2.00 bits per heavy atom. The Bertz CT molecular complexity index is 598. The highest BCUT2D eigenvalue weighted by Crippen LogP contribution is 2.24. The molecule has 0 bridgehead atoms. The van der Waals surface area contributed by atoms with E-state index in [9.17, 15) is 4.79 Å². The van der Waals surface area contributed by atoms with Gasteiger partial charge in [0.25, 0.3) is 0 Å². The van der Waals surface area contributed by atoms with Crippen LogP contribution in [-0.4, -0.2) is 34.8 Å². The van der Waals surface area contributed by atoms with Gasteiger partial charge in [-0.1, -0.05) is 19.9 Å². The number of rotatable bonds is 6. The van der Waals surface area contributed by atoms with Crippen LogP contribution in [0.2, 0.25) is 0 Å². The smallest absolute Gasteiger partial charge is 0.323 e. The third-order valence-corrected chi connectivity index (χ3v) is 3.38. The first-order valence-electron chi connectivity index (χ1n) is 6.57. The highest BCUT2D eigenvalue weighted by Gasteiger charge is 2.20. The van der Waals surface area contributed by atoms with Crippen LogP contribution >= 0.6 is 0 Å². The molecular weight excluding hydrogens is 242 g/mol. The second-order valence-corrected chi connectivity index (χ2v) is 5.48. The molecule has 0 radical (unpaired) electrons. The van der Waals surface area contributed by atoms with Crippen LogP contribution in [0.4, 0.5) is 0 Å². The van der Waals surface area contributed by atoms with E-state index in [1.54, 1.807) is 0 Å². The summed E-state index contributed by atoms with van der Waals surface area (Å²) in [6.45, 7) is 6.16. The topological polar surface area (TPSA) is 80.9 Å². The molecule has 0 spiro atoms. The summed E-state index contributed by atoms with van der Waals surface area (Å²) in [5, 5.41) is 12.1. The van der Waals surface area contributed by atoms with Gasteiger partial charge in [-0.05, 0) is 30.7 Å². The summed E-state index contributed by atoms with van der Waals surface area (Å²) in [7, 11) is 0. The molecule has 0 fully saturated rings. The second-order valence-electron chi connectivity index (χ2n) is 5.48. The third kappa shape index (κ3) is 3.24. The summed E-state index contributed by atoms with van der Waals surface area (Å²) in [5.74, 6) is 0. The van der Waals surface area contributed by atoms with Crippen molar-refractivity contribution in [1.29, 1.82) is 0 Å². The number of aliphatic hydroxyl groups excluding tert-OH is 1. The van der Waals surface area contributed by atoms with Gasteiger partial charge in [0, 0.05) is 18.6 Å². The van der Waals surface area contributed by atoms with E-state index in [1.807, 2.05) is 18.2 Å². The van der Waals surface area contributed by atoms with Gasteiger partial charge in [0.15, 0.2) is 0 Å². The molecule has 4 N–H and O–H groups in total. The second kappa shape index (κ2) is 5.59. The predicted molar refractivity (Wildman–Crippen MR) is 76.5 cm³/mol. The molecule has 1 heterocycles. The first kappa shape index (κ1) is 13.8. The van der Waals surface area contributed by atoms with Crippen molar-refractivity contribution in [2.75, 3.05) is 19.7 Å². The van der Waals surface area contributed by atoms with E-state index in [0.29, 0.717) is 0 Å². The number of hydrogen-bond donors (Lipinski definition) is 4. The number of imidazole rings is 1. The summed E-state index contributed by atoms with van der Waals surface area (Å²) < 4.78 is 0. The van der Waals surface area contributed by atoms with Crippen LogP contribution in [0.3, 0.4) is 0 Å². The molecule has 2 aromatic rings. The summed E-state index contributed by atoms with van der Waals surface area (Å²) in [5.41, 5.74) is 2.64. The fraction of sp³-hybridized carbons (Fsp3) is 0.500. The lowest BCUT2D eigenvalue weighted by atomic mass is 9.84. The molecule has 0 unspecified atom stereocenters. The maximum Gasteiger partial charge on any atom is 0.323 e. The Morgan fingerprint density at radius 3 is 2.74 bits per heavy atom.